The molecule has 0 bridgehead atoms. The van der Waals surface area contributed by atoms with E-state index in [1.807, 2.05) is 0 Å². The van der Waals surface area contributed by atoms with Gasteiger partial charge >= 0.3 is 0 Å². The third-order valence-corrected chi connectivity index (χ3v) is 5.12. The van der Waals surface area contributed by atoms with E-state index >= 15 is 0 Å². The van der Waals surface area contributed by atoms with Gasteiger partial charge in [0.2, 0.25) is 0 Å². The standard InChI is InChI=1S/2C8H18O3S.Sn/c2*1-2-3-4-5-6-7-8-12(9,10)11;/h2*2-8H2,1H3,(H,9,10,11);. The average Bonchev–Trinajstić information content (AvgIpc) is 2.45. The smallest absolute Gasteiger partial charge is 0.264 e. The van der Waals surface area contributed by atoms with Gasteiger partial charge in [0.25, 0.3) is 20.2 Å². The largest absolute Gasteiger partial charge is 0.286 e. The van der Waals surface area contributed by atoms with Crippen molar-refractivity contribution in [1.29, 1.82) is 0 Å². The Hall–Kier alpha value is 0.619. The molecule has 0 aromatic rings. The van der Waals surface area contributed by atoms with Crippen LogP contribution in [0.1, 0.15) is 90.9 Å². The molecule has 0 saturated carbocycles. The summed E-state index contributed by atoms with van der Waals surface area (Å²) in [4.78, 5) is 0. The third kappa shape index (κ3) is 36.3. The molecule has 152 valence electrons. The van der Waals surface area contributed by atoms with Crippen LogP contribution in [0.5, 0.6) is 0 Å². The van der Waals surface area contributed by atoms with E-state index in [9.17, 15) is 16.8 Å². The molecule has 0 saturated heterocycles. The van der Waals surface area contributed by atoms with Crippen LogP contribution in [-0.2, 0) is 20.2 Å². The van der Waals surface area contributed by atoms with E-state index in [-0.39, 0.29) is 35.4 Å². The summed E-state index contributed by atoms with van der Waals surface area (Å²) in [5.41, 5.74) is 0. The molecule has 0 spiro atoms. The zero-order valence-corrected chi connectivity index (χ0v) is 20.2. The van der Waals surface area contributed by atoms with E-state index < -0.39 is 20.2 Å². The van der Waals surface area contributed by atoms with Crippen LogP contribution < -0.4 is 0 Å². The summed E-state index contributed by atoms with van der Waals surface area (Å²) in [5, 5.41) is 0. The SMILES string of the molecule is CCCCCCCCS(=O)(=O)O.CCCCCCCCS(=O)(=O)O.[Sn]. The van der Waals surface area contributed by atoms with Crippen molar-refractivity contribution in [1.82, 2.24) is 0 Å². The summed E-state index contributed by atoms with van der Waals surface area (Å²) in [6.45, 7) is 4.27. The van der Waals surface area contributed by atoms with Gasteiger partial charge in [-0.2, -0.15) is 16.8 Å². The van der Waals surface area contributed by atoms with Crippen LogP contribution >= 0.6 is 0 Å². The van der Waals surface area contributed by atoms with Crippen molar-refractivity contribution in [2.24, 2.45) is 0 Å². The third-order valence-electron chi connectivity index (χ3n) is 3.51. The predicted octanol–water partition coefficient (Wildman–Crippen LogP) is 4.09. The summed E-state index contributed by atoms with van der Waals surface area (Å²) in [6.07, 6.45) is 12.3. The van der Waals surface area contributed by atoms with Crippen molar-refractivity contribution >= 4 is 44.1 Å². The molecule has 4 radical (unpaired) electrons. The van der Waals surface area contributed by atoms with Crippen LogP contribution in [-0.4, -0.2) is 61.4 Å². The minimum atomic E-state index is -3.72. The van der Waals surface area contributed by atoms with Crippen molar-refractivity contribution in [2.45, 2.75) is 90.9 Å². The second kappa shape index (κ2) is 19.4. The molecule has 0 aromatic carbocycles. The van der Waals surface area contributed by atoms with E-state index in [1.165, 1.54) is 38.5 Å². The number of hydrogen-bond donors (Lipinski definition) is 2. The second-order valence-electron chi connectivity index (χ2n) is 6.11. The van der Waals surface area contributed by atoms with Crippen molar-refractivity contribution in [3.8, 4) is 0 Å². The summed E-state index contributed by atoms with van der Waals surface area (Å²) in [6, 6.07) is 0. The van der Waals surface area contributed by atoms with E-state index in [2.05, 4.69) is 13.8 Å². The Morgan fingerprint density at radius 1 is 0.520 bits per heavy atom. The molecule has 0 unspecified atom stereocenters. The second-order valence-corrected chi connectivity index (χ2v) is 9.25. The molecule has 0 heterocycles. The Morgan fingerprint density at radius 3 is 1.00 bits per heavy atom. The van der Waals surface area contributed by atoms with Gasteiger partial charge in [-0.25, -0.2) is 0 Å². The molecule has 0 aliphatic heterocycles. The summed E-state index contributed by atoms with van der Waals surface area (Å²) in [5.74, 6) is -0.168. The first kappa shape index (κ1) is 30.3. The normalized spacial score (nSPS) is 11.4. The number of unbranched alkanes of at least 4 members (excludes halogenated alkanes) is 10. The Labute approximate surface area is 172 Å². The molecular formula is C16H36O6S2Sn. The zero-order chi connectivity index (χ0) is 18.9. The fourth-order valence-corrected chi connectivity index (χ4v) is 3.27. The van der Waals surface area contributed by atoms with E-state index in [4.69, 9.17) is 9.11 Å². The fraction of sp³-hybridized carbons (Fsp3) is 1.00. The molecular weight excluding hydrogens is 471 g/mol. The van der Waals surface area contributed by atoms with Gasteiger partial charge in [0, 0.05) is 23.9 Å². The van der Waals surface area contributed by atoms with Gasteiger partial charge in [0.05, 0.1) is 11.5 Å². The molecule has 0 fully saturated rings. The number of rotatable bonds is 14. The predicted molar refractivity (Wildman–Crippen MR) is 105 cm³/mol. The van der Waals surface area contributed by atoms with Crippen LogP contribution in [0.2, 0.25) is 0 Å². The molecule has 9 heteroatoms. The summed E-state index contributed by atoms with van der Waals surface area (Å²) < 4.78 is 57.9. The minimum Gasteiger partial charge on any atom is -0.286 e. The van der Waals surface area contributed by atoms with E-state index in [0.29, 0.717) is 12.8 Å². The van der Waals surface area contributed by atoms with Gasteiger partial charge in [-0.05, 0) is 12.8 Å². The molecule has 0 aliphatic rings. The maximum absolute atomic E-state index is 10.3. The van der Waals surface area contributed by atoms with Crippen LogP contribution in [0.3, 0.4) is 0 Å². The topological polar surface area (TPSA) is 109 Å². The number of hydrogen-bond acceptors (Lipinski definition) is 4. The summed E-state index contributed by atoms with van der Waals surface area (Å²) >= 11 is 0. The fourth-order valence-electron chi connectivity index (χ4n) is 2.13. The zero-order valence-electron chi connectivity index (χ0n) is 15.7. The Balaban J connectivity index is -0.000000372. The van der Waals surface area contributed by atoms with Gasteiger partial charge in [-0.3, -0.25) is 9.11 Å². The molecule has 2 N–H and O–H groups in total. The first-order valence-corrected chi connectivity index (χ1v) is 12.2. The Morgan fingerprint density at radius 2 is 0.760 bits per heavy atom. The molecule has 0 aromatic heterocycles. The molecule has 0 amide bonds. The first-order chi connectivity index (χ1) is 11.1. The molecule has 25 heavy (non-hydrogen) atoms. The van der Waals surface area contributed by atoms with E-state index in [0.717, 1.165) is 25.7 Å². The van der Waals surface area contributed by atoms with Gasteiger partial charge in [0.15, 0.2) is 0 Å². The van der Waals surface area contributed by atoms with Crippen LogP contribution in [0.25, 0.3) is 0 Å². The van der Waals surface area contributed by atoms with Gasteiger partial charge < -0.3 is 0 Å². The van der Waals surface area contributed by atoms with Crippen molar-refractivity contribution < 1.29 is 25.9 Å². The van der Waals surface area contributed by atoms with Crippen molar-refractivity contribution in [2.75, 3.05) is 11.5 Å². The average molecular weight is 507 g/mol. The van der Waals surface area contributed by atoms with Gasteiger partial charge in [-0.15, -0.1) is 0 Å². The molecule has 6 nitrogen and oxygen atoms in total. The monoisotopic (exact) mass is 508 g/mol. The van der Waals surface area contributed by atoms with Crippen LogP contribution in [0.4, 0.5) is 0 Å². The Bertz CT molecular complexity index is 419. The summed E-state index contributed by atoms with van der Waals surface area (Å²) in [7, 11) is -7.43. The first-order valence-electron chi connectivity index (χ1n) is 9.02. The molecule has 0 atom stereocenters. The van der Waals surface area contributed by atoms with Gasteiger partial charge in [-0.1, -0.05) is 78.1 Å². The van der Waals surface area contributed by atoms with Crippen LogP contribution in [0, 0.1) is 0 Å². The van der Waals surface area contributed by atoms with Gasteiger partial charge in [0.1, 0.15) is 0 Å². The quantitative estimate of drug-likeness (QED) is 0.208. The molecule has 0 aliphatic carbocycles. The molecule has 0 rings (SSSR count). The Kier molecular flexibility index (Phi) is 23.5. The van der Waals surface area contributed by atoms with Crippen molar-refractivity contribution in [3.05, 3.63) is 0 Å². The maximum atomic E-state index is 10.3. The minimum absolute atomic E-state index is 0. The van der Waals surface area contributed by atoms with E-state index in [1.54, 1.807) is 0 Å². The maximum Gasteiger partial charge on any atom is 0.264 e. The van der Waals surface area contributed by atoms with Crippen LogP contribution in [0.15, 0.2) is 0 Å². The van der Waals surface area contributed by atoms with Crippen molar-refractivity contribution in [3.63, 3.8) is 0 Å².